The normalized spacial score (nSPS) is 12.9. The Hall–Kier alpha value is -3.80. The summed E-state index contributed by atoms with van der Waals surface area (Å²) in [6, 6.07) is 24.5. The second kappa shape index (κ2) is 14.5. The molecule has 4 aromatic carbocycles. The minimum absolute atomic E-state index is 0.000416. The molecule has 0 radical (unpaired) electrons. The number of benzene rings is 4. The largest absolute Gasteiger partial charge is 0.493 e. The number of ether oxygens (including phenoxy) is 1. The first-order valence-corrected chi connectivity index (χ1v) is 16.2. The van der Waals surface area contributed by atoms with Crippen LogP contribution in [0.15, 0.2) is 95.9 Å². The van der Waals surface area contributed by atoms with Gasteiger partial charge in [-0.1, -0.05) is 72.8 Å². The van der Waals surface area contributed by atoms with Crippen LogP contribution in [0.4, 0.5) is 22.0 Å². The highest BCUT2D eigenvalue weighted by Crippen LogP contribution is 2.34. The van der Waals surface area contributed by atoms with Crippen molar-refractivity contribution in [3.63, 3.8) is 0 Å². The number of halogens is 5. The van der Waals surface area contributed by atoms with Crippen molar-refractivity contribution in [1.29, 1.82) is 0 Å². The van der Waals surface area contributed by atoms with Gasteiger partial charge in [0.2, 0.25) is 0 Å². The zero-order chi connectivity index (χ0) is 32.8. The van der Waals surface area contributed by atoms with Gasteiger partial charge in [0.05, 0.1) is 23.2 Å². The highest BCUT2D eigenvalue weighted by Gasteiger charge is 2.35. The van der Waals surface area contributed by atoms with Crippen LogP contribution < -0.4 is 4.74 Å². The number of alkyl halides is 3. The molecule has 0 aliphatic carbocycles. The maximum absolute atomic E-state index is 15.1. The molecule has 4 aromatic rings. The lowest BCUT2D eigenvalue weighted by atomic mass is 9.90. The van der Waals surface area contributed by atoms with Gasteiger partial charge >= 0.3 is 6.18 Å². The third kappa shape index (κ3) is 8.90. The molecule has 45 heavy (non-hydrogen) atoms. The first kappa shape index (κ1) is 34.1. The maximum Gasteiger partial charge on any atom is 0.419 e. The average molecular weight is 648 g/mol. The fourth-order valence-electron chi connectivity index (χ4n) is 5.27. The van der Waals surface area contributed by atoms with Crippen molar-refractivity contribution in [3.05, 3.63) is 130 Å². The molecule has 0 aliphatic rings. The van der Waals surface area contributed by atoms with E-state index in [1.807, 2.05) is 65.6 Å². The van der Waals surface area contributed by atoms with Gasteiger partial charge in [0.15, 0.2) is 9.84 Å². The highest BCUT2D eigenvalue weighted by molar-refractivity contribution is 7.90. The molecule has 0 bridgehead atoms. The van der Waals surface area contributed by atoms with Gasteiger partial charge in [-0.15, -0.1) is 0 Å². The Kier molecular flexibility index (Phi) is 11.0. The summed E-state index contributed by atoms with van der Waals surface area (Å²) in [6.07, 6.45) is -5.02. The highest BCUT2D eigenvalue weighted by atomic mass is 32.2. The van der Waals surface area contributed by atoms with Crippen molar-refractivity contribution >= 4 is 9.84 Å². The van der Waals surface area contributed by atoms with Crippen molar-refractivity contribution in [1.82, 2.24) is 4.90 Å². The van der Waals surface area contributed by atoms with Gasteiger partial charge in [0.25, 0.3) is 0 Å². The topological polar surface area (TPSA) is 66.8 Å². The molecule has 1 N–H and O–H groups in total. The molecular weight excluding hydrogens is 613 g/mol. The fraction of sp³-hybridized carbons (Fsp3) is 0.294. The summed E-state index contributed by atoms with van der Waals surface area (Å²) in [5.74, 6) is -2.51. The number of hydrogen-bond donors (Lipinski definition) is 1. The third-order valence-electron chi connectivity index (χ3n) is 7.39. The second-order valence-electron chi connectivity index (χ2n) is 10.9. The molecule has 5 nitrogen and oxygen atoms in total. The molecule has 0 heterocycles. The van der Waals surface area contributed by atoms with Crippen LogP contribution in [0, 0.1) is 11.6 Å². The molecular formula is C34H34F5NO4S. The minimum Gasteiger partial charge on any atom is -0.493 e. The van der Waals surface area contributed by atoms with E-state index in [-0.39, 0.29) is 47.4 Å². The van der Waals surface area contributed by atoms with Gasteiger partial charge in [0, 0.05) is 49.0 Å². The quantitative estimate of drug-likeness (QED) is 0.120. The number of aliphatic hydroxyl groups excluding tert-OH is 1. The van der Waals surface area contributed by atoms with Gasteiger partial charge in [-0.3, -0.25) is 4.90 Å². The van der Waals surface area contributed by atoms with E-state index < -0.39 is 39.3 Å². The number of nitrogens with zero attached hydrogens (tertiary/aromatic N) is 1. The minimum atomic E-state index is -4.85. The predicted octanol–water partition coefficient (Wildman–Crippen LogP) is 7.54. The van der Waals surface area contributed by atoms with Crippen molar-refractivity contribution < 1.29 is 40.2 Å². The van der Waals surface area contributed by atoms with Crippen molar-refractivity contribution in [2.24, 2.45) is 0 Å². The fourth-order valence-corrected chi connectivity index (χ4v) is 6.27. The summed E-state index contributed by atoms with van der Waals surface area (Å²) >= 11 is 0. The van der Waals surface area contributed by atoms with Crippen LogP contribution in [0.2, 0.25) is 0 Å². The Balaban J connectivity index is 1.59. The lowest BCUT2D eigenvalue weighted by Gasteiger charge is -2.29. The Morgan fingerprint density at radius 3 is 2.02 bits per heavy atom. The van der Waals surface area contributed by atoms with Crippen LogP contribution in [0.25, 0.3) is 0 Å². The molecule has 0 spiro atoms. The lowest BCUT2D eigenvalue weighted by molar-refractivity contribution is -0.140. The molecule has 1 atom stereocenters. The van der Waals surface area contributed by atoms with Crippen LogP contribution in [0.5, 0.6) is 5.75 Å². The molecule has 4 rings (SSSR count). The Morgan fingerprint density at radius 1 is 0.889 bits per heavy atom. The van der Waals surface area contributed by atoms with E-state index in [1.165, 1.54) is 19.1 Å². The van der Waals surface area contributed by atoms with Gasteiger partial charge in [-0.2, -0.15) is 13.2 Å². The SMILES string of the molecule is CC(O)c1c(F)cc(OCCCN(Cc2cccc(C(F)(F)F)c2F)CC(c2ccccc2)c2ccccc2)cc1S(C)(=O)=O. The molecule has 0 saturated carbocycles. The van der Waals surface area contributed by atoms with Crippen molar-refractivity contribution in [3.8, 4) is 5.75 Å². The second-order valence-corrected chi connectivity index (χ2v) is 12.8. The summed E-state index contributed by atoms with van der Waals surface area (Å²) in [5.41, 5.74) is 0.134. The van der Waals surface area contributed by atoms with E-state index in [4.69, 9.17) is 4.74 Å². The summed E-state index contributed by atoms with van der Waals surface area (Å²) in [7, 11) is -3.89. The zero-order valence-corrected chi connectivity index (χ0v) is 25.6. The molecule has 11 heteroatoms. The van der Waals surface area contributed by atoms with Gasteiger partial charge in [-0.05, 0) is 36.6 Å². The lowest BCUT2D eigenvalue weighted by Crippen LogP contribution is -2.31. The van der Waals surface area contributed by atoms with Gasteiger partial charge < -0.3 is 9.84 Å². The van der Waals surface area contributed by atoms with Crippen LogP contribution in [-0.2, 0) is 22.6 Å². The summed E-state index contributed by atoms with van der Waals surface area (Å²) in [6.45, 7) is 1.73. The van der Waals surface area contributed by atoms with Gasteiger partial charge in [0.1, 0.15) is 17.4 Å². The van der Waals surface area contributed by atoms with Crippen LogP contribution in [0.3, 0.4) is 0 Å². The van der Waals surface area contributed by atoms with Crippen LogP contribution in [0.1, 0.15) is 53.2 Å². The van der Waals surface area contributed by atoms with E-state index in [1.54, 1.807) is 0 Å². The zero-order valence-electron chi connectivity index (χ0n) is 24.8. The first-order valence-electron chi connectivity index (χ1n) is 14.3. The van der Waals surface area contributed by atoms with Crippen LogP contribution in [-0.4, -0.2) is 44.4 Å². The smallest absolute Gasteiger partial charge is 0.419 e. The molecule has 0 saturated heterocycles. The molecule has 0 fully saturated rings. The van der Waals surface area contributed by atoms with Crippen molar-refractivity contribution in [2.75, 3.05) is 26.0 Å². The van der Waals surface area contributed by atoms with Gasteiger partial charge in [-0.25, -0.2) is 17.2 Å². The number of sulfone groups is 1. The van der Waals surface area contributed by atoms with E-state index in [0.29, 0.717) is 19.0 Å². The van der Waals surface area contributed by atoms with E-state index in [2.05, 4.69) is 0 Å². The van der Waals surface area contributed by atoms with E-state index >= 15 is 4.39 Å². The summed E-state index contributed by atoms with van der Waals surface area (Å²) in [5, 5.41) is 9.91. The molecule has 0 amide bonds. The average Bonchev–Trinajstić information content (AvgIpc) is 2.98. The maximum atomic E-state index is 15.1. The van der Waals surface area contributed by atoms with Crippen LogP contribution >= 0.6 is 0 Å². The Labute approximate surface area is 259 Å². The third-order valence-corrected chi connectivity index (χ3v) is 8.53. The summed E-state index contributed by atoms with van der Waals surface area (Å²) in [4.78, 5) is 1.45. The summed E-state index contributed by atoms with van der Waals surface area (Å²) < 4.78 is 101. The predicted molar refractivity (Wildman–Crippen MR) is 162 cm³/mol. The van der Waals surface area contributed by atoms with E-state index in [0.717, 1.165) is 29.5 Å². The molecule has 1 unspecified atom stereocenters. The molecule has 0 aliphatic heterocycles. The Morgan fingerprint density at radius 2 is 1.49 bits per heavy atom. The van der Waals surface area contributed by atoms with Crippen molar-refractivity contribution in [2.45, 2.75) is 43.0 Å². The number of aliphatic hydroxyl groups is 1. The number of rotatable bonds is 13. The molecule has 0 aromatic heterocycles. The molecule has 240 valence electrons. The number of hydrogen-bond acceptors (Lipinski definition) is 5. The monoisotopic (exact) mass is 647 g/mol. The Bertz CT molecular complexity index is 1640. The standard InChI is InChI=1S/C34H34F5NO4S/c1-23(41)32-30(35)19-27(20-31(32)45(2,42)43)44-18-10-17-40(21-26-15-9-16-29(33(26)36)34(37,38)39)22-28(24-11-5-3-6-12-24)25-13-7-4-8-14-25/h3-9,11-16,19-20,23,28,41H,10,17-18,21-22H2,1-2H3. The van der Waals surface area contributed by atoms with E-state index in [9.17, 15) is 31.1 Å². The first-order chi connectivity index (χ1) is 21.3.